The number of alkyl halides is 1. The predicted octanol–water partition coefficient (Wildman–Crippen LogP) is 4.03. The molecule has 0 atom stereocenters. The van der Waals surface area contributed by atoms with Crippen molar-refractivity contribution in [2.45, 2.75) is 13.0 Å². The zero-order valence-electron chi connectivity index (χ0n) is 18.7. The highest BCUT2D eigenvalue weighted by atomic mass is 35.5. The Morgan fingerprint density at radius 2 is 1.91 bits per heavy atom. The van der Waals surface area contributed by atoms with Gasteiger partial charge in [-0.25, -0.2) is 9.69 Å². The van der Waals surface area contributed by atoms with Gasteiger partial charge in [0.15, 0.2) is 5.69 Å². The van der Waals surface area contributed by atoms with E-state index in [-0.39, 0.29) is 12.1 Å². The molecule has 1 saturated heterocycles. The van der Waals surface area contributed by atoms with Crippen LogP contribution in [0.2, 0.25) is 10.0 Å². The number of carbonyl (C=O) groups excluding carboxylic acids is 1. The number of hydrogen-bond acceptors (Lipinski definition) is 5. The number of nitrogens with zero attached hydrogens (tertiary/aromatic N) is 3. The van der Waals surface area contributed by atoms with Gasteiger partial charge in [-0.3, -0.25) is 14.6 Å². The second-order valence-corrected chi connectivity index (χ2v) is 8.54. The summed E-state index contributed by atoms with van der Waals surface area (Å²) in [6.07, 6.45) is 0.167. The number of carbonyl (C=O) groups is 1. The fraction of sp³-hybridized carbons (Fsp3) is 0.280. The maximum Gasteiger partial charge on any atom is 0.286 e. The quantitative estimate of drug-likeness (QED) is 0.483. The third-order valence-electron chi connectivity index (χ3n) is 5.38. The minimum Gasteiger partial charge on any atom is -0.392 e. The van der Waals surface area contributed by atoms with Gasteiger partial charge in [0.25, 0.3) is 5.91 Å². The molecule has 0 radical (unpaired) electrons. The van der Waals surface area contributed by atoms with E-state index in [9.17, 15) is 14.3 Å². The molecule has 7 nitrogen and oxygen atoms in total. The lowest BCUT2D eigenvalue weighted by Gasteiger charge is -2.26. The molecule has 0 bridgehead atoms. The first-order chi connectivity index (χ1) is 17.0. The van der Waals surface area contributed by atoms with Gasteiger partial charge in [-0.05, 0) is 30.3 Å². The third kappa shape index (κ3) is 5.84. The predicted molar refractivity (Wildman–Crippen MR) is 132 cm³/mol. The molecule has 182 valence electrons. The molecular weight excluding hydrogens is 494 g/mol. The standard InChI is InChI=1S/C25H23Cl2FN4O3/c26-19-8-9-22(21(27)15-19)32-24(18-6-4-17(5-7-18)3-1-2-10-28)20(16-33)23(29-32)25(34)30-31-11-13-35-14-12-31/h4-9,15,33H,2,10-14,16H2,(H,30,34). The van der Waals surface area contributed by atoms with Crippen LogP contribution in [0.25, 0.3) is 16.9 Å². The lowest BCUT2D eigenvalue weighted by molar-refractivity contribution is 0.0124. The second kappa shape index (κ2) is 11.7. The highest BCUT2D eigenvalue weighted by Crippen LogP contribution is 2.33. The van der Waals surface area contributed by atoms with Crippen LogP contribution in [0.4, 0.5) is 4.39 Å². The molecule has 10 heteroatoms. The van der Waals surface area contributed by atoms with Gasteiger partial charge < -0.3 is 9.84 Å². The highest BCUT2D eigenvalue weighted by molar-refractivity contribution is 6.35. The first-order valence-corrected chi connectivity index (χ1v) is 11.7. The molecule has 0 saturated carbocycles. The molecule has 1 aliphatic heterocycles. The van der Waals surface area contributed by atoms with E-state index in [0.29, 0.717) is 64.4 Å². The van der Waals surface area contributed by atoms with Crippen LogP contribution in [0.1, 0.15) is 28.0 Å². The van der Waals surface area contributed by atoms with E-state index < -0.39 is 19.2 Å². The average Bonchev–Trinajstić information content (AvgIpc) is 3.25. The topological polar surface area (TPSA) is 79.6 Å². The van der Waals surface area contributed by atoms with Crippen molar-refractivity contribution in [1.29, 1.82) is 0 Å². The Bertz CT molecular complexity index is 1260. The maximum absolute atomic E-state index is 13.2. The molecule has 0 aliphatic carbocycles. The zero-order valence-corrected chi connectivity index (χ0v) is 20.2. The Kier molecular flexibility index (Phi) is 8.39. The van der Waals surface area contributed by atoms with Gasteiger partial charge in [0.05, 0.1) is 36.2 Å². The SMILES string of the molecule is O=C(NN1CCOCC1)c1nn(-c2ccc(Cl)cc2Cl)c(-c2ccc(C#CCCF)cc2)c1CO. The number of hydrogen-bond donors (Lipinski definition) is 2. The third-order valence-corrected chi connectivity index (χ3v) is 5.91. The number of hydrazine groups is 1. The van der Waals surface area contributed by atoms with Gasteiger partial charge in [0.1, 0.15) is 6.67 Å². The molecule has 1 amide bonds. The summed E-state index contributed by atoms with van der Waals surface area (Å²) in [4.78, 5) is 13.2. The van der Waals surface area contributed by atoms with Gasteiger partial charge in [-0.1, -0.05) is 47.2 Å². The van der Waals surface area contributed by atoms with Crippen LogP contribution in [0, 0.1) is 11.8 Å². The number of benzene rings is 2. The van der Waals surface area contributed by atoms with Crippen molar-refractivity contribution >= 4 is 29.1 Å². The van der Waals surface area contributed by atoms with Crippen molar-refractivity contribution in [2.75, 3.05) is 33.0 Å². The first-order valence-electron chi connectivity index (χ1n) is 11.0. The van der Waals surface area contributed by atoms with Crippen LogP contribution < -0.4 is 5.43 Å². The number of rotatable bonds is 6. The van der Waals surface area contributed by atoms with E-state index in [1.807, 2.05) is 0 Å². The minimum atomic E-state index is -0.499. The number of amides is 1. The first kappa shape index (κ1) is 25.2. The zero-order chi connectivity index (χ0) is 24.8. The monoisotopic (exact) mass is 516 g/mol. The van der Waals surface area contributed by atoms with Gasteiger partial charge in [-0.15, -0.1) is 0 Å². The fourth-order valence-electron chi connectivity index (χ4n) is 3.70. The summed E-state index contributed by atoms with van der Waals surface area (Å²) in [5, 5.41) is 17.4. The van der Waals surface area contributed by atoms with Gasteiger partial charge in [0.2, 0.25) is 0 Å². The van der Waals surface area contributed by atoms with Crippen LogP contribution >= 0.6 is 23.2 Å². The van der Waals surface area contributed by atoms with E-state index in [4.69, 9.17) is 27.9 Å². The van der Waals surface area contributed by atoms with E-state index in [2.05, 4.69) is 22.4 Å². The largest absolute Gasteiger partial charge is 0.392 e. The van der Waals surface area contributed by atoms with Crippen molar-refractivity contribution in [2.24, 2.45) is 0 Å². The summed E-state index contributed by atoms with van der Waals surface area (Å²) in [6, 6.07) is 12.1. The molecule has 1 fully saturated rings. The number of aliphatic hydroxyl groups excluding tert-OH is 1. The Labute approximate surface area is 212 Å². The van der Waals surface area contributed by atoms with Crippen LogP contribution in [0.3, 0.4) is 0 Å². The average molecular weight is 517 g/mol. The smallest absolute Gasteiger partial charge is 0.286 e. The Hall–Kier alpha value is -2.93. The number of halogens is 3. The maximum atomic E-state index is 13.2. The summed E-state index contributed by atoms with van der Waals surface area (Å²) in [7, 11) is 0. The minimum absolute atomic E-state index is 0.0758. The molecule has 4 rings (SSSR count). The highest BCUT2D eigenvalue weighted by Gasteiger charge is 2.26. The fourth-order valence-corrected chi connectivity index (χ4v) is 4.19. The van der Waals surface area contributed by atoms with Crippen molar-refractivity contribution in [3.8, 4) is 28.8 Å². The van der Waals surface area contributed by atoms with Gasteiger partial charge >= 0.3 is 0 Å². The van der Waals surface area contributed by atoms with Crippen molar-refractivity contribution in [3.63, 3.8) is 0 Å². The van der Waals surface area contributed by atoms with Gasteiger partial charge in [0, 0.05) is 41.2 Å². The molecule has 2 aromatic carbocycles. The van der Waals surface area contributed by atoms with Crippen LogP contribution in [0.5, 0.6) is 0 Å². The van der Waals surface area contributed by atoms with Crippen LogP contribution in [0.15, 0.2) is 42.5 Å². The Morgan fingerprint density at radius 3 is 2.57 bits per heavy atom. The number of ether oxygens (including phenoxy) is 1. The molecule has 0 unspecified atom stereocenters. The molecule has 2 heterocycles. The lowest BCUT2D eigenvalue weighted by Crippen LogP contribution is -2.48. The van der Waals surface area contributed by atoms with Crippen LogP contribution in [-0.4, -0.2) is 58.8 Å². The summed E-state index contributed by atoms with van der Waals surface area (Å²) in [6.45, 7) is 1.18. The van der Waals surface area contributed by atoms with E-state index in [1.165, 1.54) is 4.68 Å². The van der Waals surface area contributed by atoms with Gasteiger partial charge in [-0.2, -0.15) is 5.10 Å². The van der Waals surface area contributed by atoms with Crippen molar-refractivity contribution in [1.82, 2.24) is 20.2 Å². The molecule has 0 spiro atoms. The van der Waals surface area contributed by atoms with E-state index in [1.54, 1.807) is 47.5 Å². The number of aromatic nitrogens is 2. The molecule has 1 aliphatic rings. The normalized spacial score (nSPS) is 13.8. The molecular formula is C25H23Cl2FN4O3. The van der Waals surface area contributed by atoms with Crippen molar-refractivity contribution in [3.05, 3.63) is 69.3 Å². The Morgan fingerprint density at radius 1 is 1.17 bits per heavy atom. The number of aliphatic hydroxyl groups is 1. The second-order valence-electron chi connectivity index (χ2n) is 7.70. The molecule has 35 heavy (non-hydrogen) atoms. The summed E-state index contributed by atoms with van der Waals surface area (Å²) in [5.41, 5.74) is 5.67. The summed E-state index contributed by atoms with van der Waals surface area (Å²) >= 11 is 12.6. The number of morpholine rings is 1. The lowest BCUT2D eigenvalue weighted by atomic mass is 10.0. The summed E-state index contributed by atoms with van der Waals surface area (Å²) < 4.78 is 19.2. The van der Waals surface area contributed by atoms with Crippen LogP contribution in [-0.2, 0) is 11.3 Å². The number of nitrogens with one attached hydrogen (secondary N) is 1. The molecule has 1 aromatic heterocycles. The summed E-state index contributed by atoms with van der Waals surface area (Å²) in [5.74, 6) is 5.22. The van der Waals surface area contributed by atoms with E-state index in [0.717, 1.165) is 0 Å². The van der Waals surface area contributed by atoms with E-state index >= 15 is 0 Å². The van der Waals surface area contributed by atoms with Crippen molar-refractivity contribution < 1.29 is 19.0 Å². The molecule has 2 N–H and O–H groups in total. The Balaban J connectivity index is 1.80. The molecule has 3 aromatic rings.